The molecule has 0 unspecified atom stereocenters. The number of nitro benzene ring substituents is 1. The topological polar surface area (TPSA) is 174 Å². The highest BCUT2D eigenvalue weighted by Crippen LogP contribution is 2.24. The molecule has 0 bridgehead atoms. The van der Waals surface area contributed by atoms with Gasteiger partial charge in [0.1, 0.15) is 11.6 Å². The number of rotatable bonds is 11. The van der Waals surface area contributed by atoms with Crippen molar-refractivity contribution in [3.63, 3.8) is 0 Å². The summed E-state index contributed by atoms with van der Waals surface area (Å²) in [6, 6.07) is 26.8. The van der Waals surface area contributed by atoms with Crippen molar-refractivity contribution >= 4 is 38.4 Å². The van der Waals surface area contributed by atoms with Crippen molar-refractivity contribution in [1.29, 1.82) is 0 Å². The van der Waals surface area contributed by atoms with Gasteiger partial charge in [-0.1, -0.05) is 42.5 Å². The second kappa shape index (κ2) is 14.3. The Labute approximate surface area is 286 Å². The number of nitrogens with one attached hydrogen (secondary N) is 1. The minimum absolute atomic E-state index is 0.0629. The fraction of sp³-hybridized carbons (Fsp3) is 0.200. The highest BCUT2D eigenvalue weighted by molar-refractivity contribution is 7.89. The number of non-ortho nitro benzene ring substituents is 1. The Bertz CT molecular complexity index is 2230. The predicted octanol–water partition coefficient (Wildman–Crippen LogP) is 3.24. The molecule has 1 aliphatic rings. The number of nitrogens with zero attached hydrogens (tertiary/aromatic N) is 5. The van der Waals surface area contributed by atoms with E-state index < -0.39 is 39.3 Å². The normalized spacial score (nSPS) is 14.3. The van der Waals surface area contributed by atoms with E-state index in [1.807, 2.05) is 30.3 Å². The van der Waals surface area contributed by atoms with E-state index in [-0.39, 0.29) is 48.0 Å². The molecule has 1 aromatic heterocycles. The average molecular weight is 697 g/mol. The number of carbonyl (C=O) groups is 2. The van der Waals surface area contributed by atoms with Crippen LogP contribution in [0.3, 0.4) is 0 Å². The van der Waals surface area contributed by atoms with Gasteiger partial charge >= 0.3 is 0 Å². The van der Waals surface area contributed by atoms with E-state index in [0.29, 0.717) is 22.3 Å². The van der Waals surface area contributed by atoms with Gasteiger partial charge in [0.05, 0.1) is 52.7 Å². The van der Waals surface area contributed by atoms with E-state index in [9.17, 15) is 32.9 Å². The minimum atomic E-state index is -4.12. The lowest BCUT2D eigenvalue weighted by molar-refractivity contribution is -0.384. The Morgan fingerprint density at radius 1 is 0.940 bits per heavy atom. The Kier molecular flexibility index (Phi) is 9.69. The lowest BCUT2D eigenvalue weighted by atomic mass is 10.0. The van der Waals surface area contributed by atoms with Gasteiger partial charge < -0.3 is 15.0 Å². The Morgan fingerprint density at radius 2 is 1.62 bits per heavy atom. The summed E-state index contributed by atoms with van der Waals surface area (Å²) in [7, 11) is -2.58. The molecule has 1 saturated heterocycles. The summed E-state index contributed by atoms with van der Waals surface area (Å²) in [5.74, 6) is -0.247. The van der Waals surface area contributed by atoms with Crippen LogP contribution in [0.5, 0.6) is 5.75 Å². The van der Waals surface area contributed by atoms with Gasteiger partial charge in [0.25, 0.3) is 11.2 Å². The summed E-state index contributed by atoms with van der Waals surface area (Å²) < 4.78 is 34.1. The van der Waals surface area contributed by atoms with Crippen molar-refractivity contribution in [3.05, 3.63) is 135 Å². The molecule has 2 amide bonds. The molecule has 0 aliphatic carbocycles. The fourth-order valence-electron chi connectivity index (χ4n) is 5.78. The number of amides is 2. The molecule has 1 atom stereocenters. The summed E-state index contributed by atoms with van der Waals surface area (Å²) in [6.07, 6.45) is 0.267. The smallest absolute Gasteiger partial charge is 0.269 e. The number of benzene rings is 4. The molecule has 0 radical (unpaired) electrons. The van der Waals surface area contributed by atoms with E-state index in [4.69, 9.17) is 9.72 Å². The van der Waals surface area contributed by atoms with Crippen molar-refractivity contribution in [2.75, 3.05) is 33.3 Å². The summed E-state index contributed by atoms with van der Waals surface area (Å²) >= 11 is 0. The molecule has 0 saturated carbocycles. The molecule has 50 heavy (non-hydrogen) atoms. The molecule has 4 aromatic carbocycles. The van der Waals surface area contributed by atoms with E-state index in [1.165, 1.54) is 16.6 Å². The highest BCUT2D eigenvalue weighted by atomic mass is 32.2. The molecule has 15 heteroatoms. The number of para-hydroxylation sites is 1. The number of ether oxygens (including phenoxy) is 1. The molecule has 1 N–H and O–H groups in total. The van der Waals surface area contributed by atoms with Crippen molar-refractivity contribution in [3.8, 4) is 11.4 Å². The van der Waals surface area contributed by atoms with Crippen molar-refractivity contribution in [1.82, 2.24) is 24.1 Å². The predicted molar refractivity (Wildman–Crippen MR) is 183 cm³/mol. The van der Waals surface area contributed by atoms with Gasteiger partial charge in [-0.3, -0.25) is 29.1 Å². The van der Waals surface area contributed by atoms with Crippen LogP contribution in [0.4, 0.5) is 5.69 Å². The van der Waals surface area contributed by atoms with Crippen LogP contribution < -0.4 is 15.6 Å². The van der Waals surface area contributed by atoms with Gasteiger partial charge in [-0.15, -0.1) is 0 Å². The minimum Gasteiger partial charge on any atom is -0.497 e. The van der Waals surface area contributed by atoms with Gasteiger partial charge in [-0.05, 0) is 60.5 Å². The van der Waals surface area contributed by atoms with Crippen molar-refractivity contribution in [2.45, 2.75) is 17.4 Å². The molecule has 0 spiro atoms. The summed E-state index contributed by atoms with van der Waals surface area (Å²) in [5, 5.41) is 14.4. The van der Waals surface area contributed by atoms with Crippen LogP contribution in [0.15, 0.2) is 113 Å². The first-order chi connectivity index (χ1) is 24.0. The number of aromatic nitrogens is 2. The summed E-state index contributed by atoms with van der Waals surface area (Å²) in [4.78, 5) is 57.2. The average Bonchev–Trinajstić information content (AvgIpc) is 3.12. The van der Waals surface area contributed by atoms with Crippen molar-refractivity contribution < 1.29 is 27.7 Å². The van der Waals surface area contributed by atoms with Gasteiger partial charge in [0.2, 0.25) is 21.8 Å². The summed E-state index contributed by atoms with van der Waals surface area (Å²) in [5.41, 5.74) is 1.23. The SMILES string of the molecule is COc1ccc(-n2c([C@H](Cc3ccccc3)NC(=O)CN3CCN(S(=O)(=O)c4ccc([N+](=O)[O-])cc4)CC3=O)nc3ccccc3c2=O)cc1. The third-order valence-electron chi connectivity index (χ3n) is 8.37. The molecular weight excluding hydrogens is 664 g/mol. The third kappa shape index (κ3) is 7.09. The molecular formula is C35H32N6O8S. The van der Waals surface area contributed by atoms with Crippen LogP contribution in [0.25, 0.3) is 16.6 Å². The lowest BCUT2D eigenvalue weighted by Crippen LogP contribution is -2.54. The Balaban J connectivity index is 1.27. The van der Waals surface area contributed by atoms with E-state index in [2.05, 4.69) is 5.32 Å². The Hall–Kier alpha value is -5.93. The van der Waals surface area contributed by atoms with Crippen molar-refractivity contribution in [2.24, 2.45) is 0 Å². The molecule has 256 valence electrons. The molecule has 14 nitrogen and oxygen atoms in total. The lowest BCUT2D eigenvalue weighted by Gasteiger charge is -2.33. The van der Waals surface area contributed by atoms with Gasteiger partial charge in [-0.2, -0.15) is 4.31 Å². The first-order valence-electron chi connectivity index (χ1n) is 15.6. The zero-order chi connectivity index (χ0) is 35.4. The number of hydrogen-bond acceptors (Lipinski definition) is 9. The molecule has 1 fully saturated rings. The molecule has 5 aromatic rings. The van der Waals surface area contributed by atoms with Crippen LogP contribution in [-0.2, 0) is 26.0 Å². The number of methoxy groups -OCH3 is 1. The number of piperazine rings is 1. The number of fused-ring (bicyclic) bond motifs is 1. The number of hydrogen-bond donors (Lipinski definition) is 1. The maximum absolute atomic E-state index is 14.0. The quantitative estimate of drug-likeness (QED) is 0.161. The molecule has 1 aliphatic heterocycles. The number of sulfonamides is 1. The van der Waals surface area contributed by atoms with Crippen LogP contribution in [0.2, 0.25) is 0 Å². The standard InChI is InChI=1S/C35H32N6O8S/c1-49-27-15-11-25(12-16-27)40-34(37-30-10-6-5-9-29(30)35(40)44)31(21-24-7-3-2-4-8-24)36-32(42)22-38-19-20-39(23-33(38)43)50(47,48)28-17-13-26(14-18-28)41(45)46/h2-18,31H,19-23H2,1H3,(H,36,42)/t31-/m0/s1. The zero-order valence-electron chi connectivity index (χ0n) is 26.8. The van der Waals surface area contributed by atoms with E-state index in [1.54, 1.807) is 48.5 Å². The Morgan fingerprint density at radius 3 is 2.28 bits per heavy atom. The van der Waals surface area contributed by atoms with Crippen LogP contribution >= 0.6 is 0 Å². The van der Waals surface area contributed by atoms with Gasteiger partial charge in [-0.25, -0.2) is 13.4 Å². The zero-order valence-corrected chi connectivity index (χ0v) is 27.7. The monoisotopic (exact) mass is 696 g/mol. The maximum atomic E-state index is 14.0. The highest BCUT2D eigenvalue weighted by Gasteiger charge is 2.34. The maximum Gasteiger partial charge on any atom is 0.269 e. The largest absolute Gasteiger partial charge is 0.497 e. The number of carbonyl (C=O) groups excluding carboxylic acids is 2. The second-order valence-corrected chi connectivity index (χ2v) is 13.5. The number of nitro groups is 1. The first kappa shape index (κ1) is 34.0. The van der Waals surface area contributed by atoms with Crippen LogP contribution in [0.1, 0.15) is 17.4 Å². The van der Waals surface area contributed by atoms with Crippen LogP contribution in [0, 0.1) is 10.1 Å². The molecule has 2 heterocycles. The van der Waals surface area contributed by atoms with Gasteiger partial charge in [0, 0.05) is 25.2 Å². The molecule has 6 rings (SSSR count). The first-order valence-corrected chi connectivity index (χ1v) is 17.0. The van der Waals surface area contributed by atoms with Crippen LogP contribution in [-0.4, -0.2) is 77.2 Å². The van der Waals surface area contributed by atoms with E-state index >= 15 is 0 Å². The second-order valence-electron chi connectivity index (χ2n) is 11.5. The summed E-state index contributed by atoms with van der Waals surface area (Å²) in [6.45, 7) is -1.03. The third-order valence-corrected chi connectivity index (χ3v) is 10.2. The fourth-order valence-corrected chi connectivity index (χ4v) is 7.16. The van der Waals surface area contributed by atoms with E-state index in [0.717, 1.165) is 34.1 Å². The van der Waals surface area contributed by atoms with Gasteiger partial charge in [0.15, 0.2) is 0 Å².